The van der Waals surface area contributed by atoms with Crippen LogP contribution in [0.4, 0.5) is 5.69 Å². The Balaban J connectivity index is 2.31. The van der Waals surface area contributed by atoms with Crippen LogP contribution >= 0.6 is 39.1 Å². The molecule has 0 N–H and O–H groups in total. The summed E-state index contributed by atoms with van der Waals surface area (Å²) in [5.74, 6) is 0.517. The third-order valence-corrected chi connectivity index (χ3v) is 4.77. The summed E-state index contributed by atoms with van der Waals surface area (Å²) in [4.78, 5) is 2.20. The molecule has 0 radical (unpaired) electrons. The van der Waals surface area contributed by atoms with Gasteiger partial charge in [0.15, 0.2) is 0 Å². The third-order valence-electron chi connectivity index (χ3n) is 3.48. The van der Waals surface area contributed by atoms with E-state index >= 15 is 0 Å². The molecule has 0 aliphatic heterocycles. The lowest BCUT2D eigenvalue weighted by Crippen LogP contribution is -2.22. The summed E-state index contributed by atoms with van der Waals surface area (Å²) in [5.41, 5.74) is 3.33. The van der Waals surface area contributed by atoms with Crippen LogP contribution in [0.3, 0.4) is 0 Å². The fourth-order valence-corrected chi connectivity index (χ4v) is 3.32. The molecule has 0 bridgehead atoms. The molecule has 0 aliphatic carbocycles. The van der Waals surface area contributed by atoms with Gasteiger partial charge in [-0.1, -0.05) is 35.9 Å². The van der Waals surface area contributed by atoms with Crippen molar-refractivity contribution in [2.24, 2.45) is 0 Å². The maximum atomic E-state index is 6.28. The Morgan fingerprint density at radius 2 is 1.90 bits per heavy atom. The van der Waals surface area contributed by atoms with Crippen molar-refractivity contribution in [2.75, 3.05) is 11.9 Å². The second kappa shape index (κ2) is 6.84. The fraction of sp³-hybridized carbons (Fsp3) is 0.250. The molecule has 2 aromatic rings. The minimum absolute atomic E-state index is 0.182. The van der Waals surface area contributed by atoms with E-state index in [1.807, 2.05) is 24.3 Å². The Morgan fingerprint density at radius 1 is 1.20 bits per heavy atom. The van der Waals surface area contributed by atoms with Gasteiger partial charge in [0, 0.05) is 22.4 Å². The molecule has 1 atom stereocenters. The fourth-order valence-electron chi connectivity index (χ4n) is 2.15. The van der Waals surface area contributed by atoms with Crippen LogP contribution in [-0.2, 0) is 5.88 Å². The number of alkyl halides is 1. The highest BCUT2D eigenvalue weighted by Gasteiger charge is 2.16. The number of hydrogen-bond donors (Lipinski definition) is 0. The zero-order valence-corrected chi connectivity index (χ0v) is 14.5. The lowest BCUT2D eigenvalue weighted by molar-refractivity contribution is 0.738. The van der Waals surface area contributed by atoms with Crippen LogP contribution in [0.25, 0.3) is 0 Å². The first-order valence-corrected chi connectivity index (χ1v) is 8.06. The molecule has 20 heavy (non-hydrogen) atoms. The number of hydrogen-bond acceptors (Lipinski definition) is 1. The van der Waals surface area contributed by atoms with Crippen LogP contribution in [0.2, 0.25) is 5.02 Å². The van der Waals surface area contributed by atoms with E-state index in [0.717, 1.165) is 26.3 Å². The first-order chi connectivity index (χ1) is 9.54. The Morgan fingerprint density at radius 3 is 2.50 bits per heavy atom. The van der Waals surface area contributed by atoms with Crippen molar-refractivity contribution in [3.8, 4) is 0 Å². The maximum Gasteiger partial charge on any atom is 0.0526 e. The van der Waals surface area contributed by atoms with Gasteiger partial charge in [0.05, 0.1) is 11.7 Å². The molecule has 0 aliphatic rings. The molecule has 106 valence electrons. The van der Waals surface area contributed by atoms with E-state index in [2.05, 4.69) is 53.0 Å². The summed E-state index contributed by atoms with van der Waals surface area (Å²) in [5, 5.41) is 0.792. The topological polar surface area (TPSA) is 3.24 Å². The van der Waals surface area contributed by atoms with Crippen molar-refractivity contribution < 1.29 is 0 Å². The molecule has 0 heterocycles. The zero-order valence-electron chi connectivity index (χ0n) is 11.4. The van der Waals surface area contributed by atoms with Gasteiger partial charge in [-0.25, -0.2) is 0 Å². The van der Waals surface area contributed by atoms with Gasteiger partial charge in [-0.2, -0.15) is 0 Å². The SMILES string of the molecule is CC(c1ccccc1Cl)N(C)c1ccc(CCl)cc1Br. The minimum Gasteiger partial charge on any atom is -0.367 e. The lowest BCUT2D eigenvalue weighted by atomic mass is 10.1. The molecule has 0 saturated carbocycles. The Kier molecular flexibility index (Phi) is 5.36. The number of anilines is 1. The second-order valence-corrected chi connectivity index (χ2v) is 6.26. The molecule has 0 spiro atoms. The van der Waals surface area contributed by atoms with E-state index in [1.165, 1.54) is 0 Å². The predicted octanol–water partition coefficient (Wildman–Crippen LogP) is 6.04. The molecular weight excluding hydrogens is 357 g/mol. The van der Waals surface area contributed by atoms with Crippen LogP contribution in [0.1, 0.15) is 24.1 Å². The molecular formula is C16H16BrCl2N. The van der Waals surface area contributed by atoms with Crippen molar-refractivity contribution >= 4 is 44.8 Å². The number of rotatable bonds is 4. The van der Waals surface area contributed by atoms with Crippen molar-refractivity contribution in [1.82, 2.24) is 0 Å². The molecule has 4 heteroatoms. The molecule has 0 saturated heterocycles. The largest absolute Gasteiger partial charge is 0.367 e. The summed E-state index contributed by atoms with van der Waals surface area (Å²) < 4.78 is 1.04. The summed E-state index contributed by atoms with van der Waals surface area (Å²) in [7, 11) is 2.06. The average Bonchev–Trinajstić information content (AvgIpc) is 2.46. The van der Waals surface area contributed by atoms with Crippen LogP contribution < -0.4 is 4.90 Å². The van der Waals surface area contributed by atoms with Crippen molar-refractivity contribution in [2.45, 2.75) is 18.8 Å². The summed E-state index contributed by atoms with van der Waals surface area (Å²) in [6, 6.07) is 14.3. The monoisotopic (exact) mass is 371 g/mol. The minimum atomic E-state index is 0.182. The van der Waals surface area contributed by atoms with Gasteiger partial charge in [0.1, 0.15) is 0 Å². The van der Waals surface area contributed by atoms with Crippen LogP contribution in [0.15, 0.2) is 46.9 Å². The van der Waals surface area contributed by atoms with Crippen LogP contribution in [0, 0.1) is 0 Å². The molecule has 2 rings (SSSR count). The smallest absolute Gasteiger partial charge is 0.0526 e. The molecule has 0 aromatic heterocycles. The van der Waals surface area contributed by atoms with Gasteiger partial charge < -0.3 is 4.90 Å². The predicted molar refractivity (Wildman–Crippen MR) is 92.0 cm³/mol. The van der Waals surface area contributed by atoms with Gasteiger partial charge in [-0.15, -0.1) is 11.6 Å². The molecule has 0 amide bonds. The van der Waals surface area contributed by atoms with Crippen molar-refractivity contribution in [1.29, 1.82) is 0 Å². The lowest BCUT2D eigenvalue weighted by Gasteiger charge is -2.29. The Bertz CT molecular complexity index is 601. The number of benzene rings is 2. The first kappa shape index (κ1) is 15.7. The Hall–Kier alpha value is -0.700. The van der Waals surface area contributed by atoms with Crippen LogP contribution in [-0.4, -0.2) is 7.05 Å². The van der Waals surface area contributed by atoms with Gasteiger partial charge in [0.25, 0.3) is 0 Å². The third kappa shape index (κ3) is 3.30. The van der Waals surface area contributed by atoms with E-state index in [-0.39, 0.29) is 6.04 Å². The maximum absolute atomic E-state index is 6.28. The van der Waals surface area contributed by atoms with Gasteiger partial charge in [0.2, 0.25) is 0 Å². The molecule has 1 nitrogen and oxygen atoms in total. The van der Waals surface area contributed by atoms with E-state index in [1.54, 1.807) is 0 Å². The average molecular weight is 373 g/mol. The summed E-state index contributed by atoms with van der Waals surface area (Å²) >= 11 is 15.8. The van der Waals surface area contributed by atoms with Gasteiger partial charge in [-0.3, -0.25) is 0 Å². The molecule has 2 aromatic carbocycles. The highest BCUT2D eigenvalue weighted by atomic mass is 79.9. The highest BCUT2D eigenvalue weighted by molar-refractivity contribution is 9.10. The van der Waals surface area contributed by atoms with E-state index in [0.29, 0.717) is 5.88 Å². The first-order valence-electron chi connectivity index (χ1n) is 6.36. The van der Waals surface area contributed by atoms with E-state index in [4.69, 9.17) is 23.2 Å². The standard InChI is InChI=1S/C16H16BrCl2N/c1-11(13-5-3-4-6-15(13)19)20(2)16-8-7-12(10-18)9-14(16)17/h3-9,11H,10H2,1-2H3. The van der Waals surface area contributed by atoms with Crippen molar-refractivity contribution in [3.05, 3.63) is 63.1 Å². The quantitative estimate of drug-likeness (QED) is 0.591. The molecule has 0 fully saturated rings. The normalized spacial score (nSPS) is 12.2. The van der Waals surface area contributed by atoms with E-state index < -0.39 is 0 Å². The number of halogens is 3. The second-order valence-electron chi connectivity index (χ2n) is 4.73. The van der Waals surface area contributed by atoms with Gasteiger partial charge >= 0.3 is 0 Å². The van der Waals surface area contributed by atoms with E-state index in [9.17, 15) is 0 Å². The van der Waals surface area contributed by atoms with Gasteiger partial charge in [-0.05, 0) is 52.2 Å². The zero-order chi connectivity index (χ0) is 14.7. The number of nitrogens with zero attached hydrogens (tertiary/aromatic N) is 1. The molecule has 1 unspecified atom stereocenters. The highest BCUT2D eigenvalue weighted by Crippen LogP contribution is 2.34. The summed E-state index contributed by atoms with van der Waals surface area (Å²) in [6.07, 6.45) is 0. The van der Waals surface area contributed by atoms with Crippen LogP contribution in [0.5, 0.6) is 0 Å². The summed E-state index contributed by atoms with van der Waals surface area (Å²) in [6.45, 7) is 2.14. The Labute approximate surface area is 138 Å². The van der Waals surface area contributed by atoms with Crippen molar-refractivity contribution in [3.63, 3.8) is 0 Å².